The zero-order valence-electron chi connectivity index (χ0n) is 15.6. The highest BCUT2D eigenvalue weighted by atomic mass is 35.5. The van der Waals surface area contributed by atoms with Crippen molar-refractivity contribution in [1.82, 2.24) is 19.9 Å². The van der Waals surface area contributed by atoms with Crippen molar-refractivity contribution in [3.8, 4) is 11.4 Å². The molecule has 0 saturated heterocycles. The second-order valence-electron chi connectivity index (χ2n) is 7.17. The minimum atomic E-state index is -0.980. The molecule has 0 radical (unpaired) electrons. The van der Waals surface area contributed by atoms with Crippen molar-refractivity contribution >= 4 is 29.2 Å². The lowest BCUT2D eigenvalue weighted by Gasteiger charge is -2.21. The van der Waals surface area contributed by atoms with E-state index in [4.69, 9.17) is 28.3 Å². The fourth-order valence-electron chi connectivity index (χ4n) is 3.28. The van der Waals surface area contributed by atoms with Crippen LogP contribution in [0.25, 0.3) is 11.4 Å². The van der Waals surface area contributed by atoms with Gasteiger partial charge in [-0.1, -0.05) is 29.3 Å². The van der Waals surface area contributed by atoms with Gasteiger partial charge in [-0.2, -0.15) is 0 Å². The second-order valence-corrected chi connectivity index (χ2v) is 7.98. The highest BCUT2D eigenvalue weighted by molar-refractivity contribution is 6.42. The first-order valence-electron chi connectivity index (χ1n) is 9.41. The van der Waals surface area contributed by atoms with Crippen molar-refractivity contribution in [1.29, 1.82) is 0 Å². The number of hydrogen-bond donors (Lipinski definition) is 2. The summed E-state index contributed by atoms with van der Waals surface area (Å²) in [5.41, 5.74) is 2.52. The second kappa shape index (κ2) is 8.53. The number of nitrogens with one attached hydrogen (secondary N) is 1. The van der Waals surface area contributed by atoms with Crippen molar-refractivity contribution in [3.63, 3.8) is 0 Å². The van der Waals surface area contributed by atoms with Gasteiger partial charge in [-0.25, -0.2) is 9.78 Å². The number of benzene rings is 1. The summed E-state index contributed by atoms with van der Waals surface area (Å²) < 4.78 is 0. The standard InChI is InChI=1S/C21H20Cl2N4O2/c22-16-4-1-13(9-17(16)23)12-27(15-2-3-15)8-6-20-25-11-19(26-20)18-10-14(21(28)29)5-7-24-18/h1,4-5,7,9-11,15H,2-3,6,8,12H2,(H,25,26)(H,28,29). The van der Waals surface area contributed by atoms with E-state index in [1.807, 2.05) is 18.2 Å². The van der Waals surface area contributed by atoms with Gasteiger partial charge in [0.1, 0.15) is 11.5 Å². The molecule has 0 amide bonds. The van der Waals surface area contributed by atoms with Crippen LogP contribution >= 0.6 is 23.2 Å². The molecule has 8 heteroatoms. The smallest absolute Gasteiger partial charge is 0.335 e. The summed E-state index contributed by atoms with van der Waals surface area (Å²) in [5, 5.41) is 10.3. The SMILES string of the molecule is O=C(O)c1ccnc(-c2c[nH]c(CCN(Cc3ccc(Cl)c(Cl)c3)C3CC3)n2)c1. The van der Waals surface area contributed by atoms with E-state index < -0.39 is 5.97 Å². The Balaban J connectivity index is 1.42. The lowest BCUT2D eigenvalue weighted by molar-refractivity contribution is 0.0697. The van der Waals surface area contributed by atoms with E-state index in [0.717, 1.165) is 30.9 Å². The van der Waals surface area contributed by atoms with Crippen molar-refractivity contribution in [2.75, 3.05) is 6.54 Å². The lowest BCUT2D eigenvalue weighted by Crippen LogP contribution is -2.28. The topological polar surface area (TPSA) is 82.1 Å². The summed E-state index contributed by atoms with van der Waals surface area (Å²) in [6, 6.07) is 9.36. The number of pyridine rings is 1. The van der Waals surface area contributed by atoms with Crippen LogP contribution in [0, 0.1) is 0 Å². The highest BCUT2D eigenvalue weighted by Gasteiger charge is 2.29. The number of aromatic amines is 1. The monoisotopic (exact) mass is 430 g/mol. The third-order valence-corrected chi connectivity index (χ3v) is 5.71. The molecule has 0 unspecified atom stereocenters. The van der Waals surface area contributed by atoms with Gasteiger partial charge in [-0.05, 0) is 42.7 Å². The first-order chi connectivity index (χ1) is 14.0. The average Bonchev–Trinajstić information content (AvgIpc) is 3.45. The molecule has 1 aromatic carbocycles. The van der Waals surface area contributed by atoms with Crippen LogP contribution in [0.2, 0.25) is 10.0 Å². The fourth-order valence-corrected chi connectivity index (χ4v) is 3.60. The highest BCUT2D eigenvalue weighted by Crippen LogP contribution is 2.30. The Labute approximate surface area is 178 Å². The first kappa shape index (κ1) is 19.9. The molecular formula is C21H20Cl2N4O2. The van der Waals surface area contributed by atoms with Crippen LogP contribution in [-0.2, 0) is 13.0 Å². The zero-order chi connectivity index (χ0) is 20.4. The normalized spacial score (nSPS) is 13.8. The molecule has 0 spiro atoms. The van der Waals surface area contributed by atoms with Crippen molar-refractivity contribution < 1.29 is 9.90 Å². The van der Waals surface area contributed by atoms with Gasteiger partial charge in [0.25, 0.3) is 0 Å². The Morgan fingerprint density at radius 2 is 2.00 bits per heavy atom. The number of hydrogen-bond acceptors (Lipinski definition) is 4. The van der Waals surface area contributed by atoms with E-state index >= 15 is 0 Å². The summed E-state index contributed by atoms with van der Waals surface area (Å²) in [4.78, 5) is 25.6. The number of aromatic nitrogens is 3. The molecular weight excluding hydrogens is 411 g/mol. The molecule has 0 atom stereocenters. The molecule has 2 N–H and O–H groups in total. The molecule has 6 nitrogen and oxygen atoms in total. The van der Waals surface area contributed by atoms with E-state index in [-0.39, 0.29) is 5.56 Å². The Bertz CT molecular complexity index is 1030. The summed E-state index contributed by atoms with van der Waals surface area (Å²) in [6.45, 7) is 1.68. The van der Waals surface area contributed by atoms with Gasteiger partial charge in [-0.15, -0.1) is 0 Å². The van der Waals surface area contributed by atoms with Gasteiger partial charge in [0.15, 0.2) is 0 Å². The van der Waals surface area contributed by atoms with Gasteiger partial charge in [0.2, 0.25) is 0 Å². The number of halogens is 2. The average molecular weight is 431 g/mol. The Morgan fingerprint density at radius 1 is 1.17 bits per heavy atom. The maximum atomic E-state index is 11.1. The predicted molar refractivity (Wildman–Crippen MR) is 112 cm³/mol. The van der Waals surface area contributed by atoms with Gasteiger partial charge >= 0.3 is 5.97 Å². The summed E-state index contributed by atoms with van der Waals surface area (Å²) in [5.74, 6) is -0.130. The summed E-state index contributed by atoms with van der Waals surface area (Å²) in [6.07, 6.45) is 6.42. The van der Waals surface area contributed by atoms with E-state index in [2.05, 4.69) is 19.9 Å². The van der Waals surface area contributed by atoms with Crippen LogP contribution in [0.1, 0.15) is 34.6 Å². The number of carbonyl (C=O) groups is 1. The quantitative estimate of drug-likeness (QED) is 0.541. The number of imidazole rings is 1. The van der Waals surface area contributed by atoms with E-state index in [0.29, 0.717) is 27.5 Å². The molecule has 2 aromatic heterocycles. The Hall–Kier alpha value is -2.41. The molecule has 4 rings (SSSR count). The van der Waals surface area contributed by atoms with Crippen LogP contribution in [0.15, 0.2) is 42.7 Å². The molecule has 0 bridgehead atoms. The van der Waals surface area contributed by atoms with Gasteiger partial charge < -0.3 is 10.1 Å². The number of carboxylic acids is 1. The molecule has 3 aromatic rings. The fraction of sp³-hybridized carbons (Fsp3) is 0.286. The summed E-state index contributed by atoms with van der Waals surface area (Å²) in [7, 11) is 0. The van der Waals surface area contributed by atoms with Crippen molar-refractivity contribution in [2.24, 2.45) is 0 Å². The van der Waals surface area contributed by atoms with Crippen LogP contribution in [-0.4, -0.2) is 43.5 Å². The van der Waals surface area contributed by atoms with Crippen LogP contribution in [0.4, 0.5) is 0 Å². The van der Waals surface area contributed by atoms with Crippen LogP contribution in [0.3, 0.4) is 0 Å². The van der Waals surface area contributed by atoms with Gasteiger partial charge in [0.05, 0.1) is 21.3 Å². The van der Waals surface area contributed by atoms with E-state index in [1.54, 1.807) is 6.20 Å². The molecule has 150 valence electrons. The Morgan fingerprint density at radius 3 is 2.72 bits per heavy atom. The molecule has 1 saturated carbocycles. The molecule has 0 aliphatic heterocycles. The lowest BCUT2D eigenvalue weighted by atomic mass is 10.2. The van der Waals surface area contributed by atoms with Crippen molar-refractivity contribution in [2.45, 2.75) is 31.8 Å². The number of nitrogens with zero attached hydrogens (tertiary/aromatic N) is 3. The largest absolute Gasteiger partial charge is 0.478 e. The van der Waals surface area contributed by atoms with E-state index in [1.165, 1.54) is 31.2 Å². The number of rotatable bonds is 8. The number of carboxylic acid groups (broad SMARTS) is 1. The van der Waals surface area contributed by atoms with Crippen LogP contribution < -0.4 is 0 Å². The molecule has 1 aliphatic carbocycles. The minimum absolute atomic E-state index is 0.195. The van der Waals surface area contributed by atoms with Gasteiger partial charge in [0, 0.05) is 37.9 Å². The molecule has 2 heterocycles. The molecule has 29 heavy (non-hydrogen) atoms. The van der Waals surface area contributed by atoms with Gasteiger partial charge in [-0.3, -0.25) is 9.88 Å². The Kier molecular flexibility index (Phi) is 5.85. The van der Waals surface area contributed by atoms with Crippen molar-refractivity contribution in [3.05, 3.63) is 69.7 Å². The number of aromatic carboxylic acids is 1. The predicted octanol–water partition coefficient (Wildman–Crippen LogP) is 4.68. The van der Waals surface area contributed by atoms with E-state index in [9.17, 15) is 4.79 Å². The maximum absolute atomic E-state index is 11.1. The third-order valence-electron chi connectivity index (χ3n) is 4.97. The third kappa shape index (κ3) is 4.96. The maximum Gasteiger partial charge on any atom is 0.335 e. The first-order valence-corrected chi connectivity index (χ1v) is 10.2. The molecule has 1 fully saturated rings. The summed E-state index contributed by atoms with van der Waals surface area (Å²) >= 11 is 12.2. The zero-order valence-corrected chi connectivity index (χ0v) is 17.1. The van der Waals surface area contributed by atoms with Crippen LogP contribution in [0.5, 0.6) is 0 Å². The number of H-pyrrole nitrogens is 1. The molecule has 1 aliphatic rings. The minimum Gasteiger partial charge on any atom is -0.478 e.